The third-order valence-corrected chi connectivity index (χ3v) is 9.07. The fourth-order valence-electron chi connectivity index (χ4n) is 6.43. The first-order valence-electron chi connectivity index (χ1n) is 15.3. The van der Waals surface area contributed by atoms with Gasteiger partial charge in [-0.1, -0.05) is 55.5 Å². The third kappa shape index (κ3) is 6.88. The van der Waals surface area contributed by atoms with E-state index >= 15 is 0 Å². The standard InChI is InChI=1S/C35H42FN3O3/c1-22-12-13-25(14-16-30(22)36)32-31(17-15-26-21-28(26)34(41)42)38-23(2)20-27(10-7-19-37-32)33(40)39-35(3)18-6-9-24-8-4-5-11-29(24)35/h4-5,7-8,10-11,13-14,16,20,22-23,26,28,30H,6,9,12,15,17-19,21H2,1-3H3,(H,39,40)(H,41,42)/b10-7-,27-20+,37-32?,38-31?/t22?,23?,26?,28-,30?,35+/m1/s1. The summed E-state index contributed by atoms with van der Waals surface area (Å²) < 4.78 is 14.5. The van der Waals surface area contributed by atoms with E-state index in [0.29, 0.717) is 37.8 Å². The summed E-state index contributed by atoms with van der Waals surface area (Å²) in [6.45, 7) is 6.29. The van der Waals surface area contributed by atoms with Crippen LogP contribution in [0.15, 0.2) is 81.9 Å². The molecule has 0 radical (unpaired) electrons. The van der Waals surface area contributed by atoms with Crippen molar-refractivity contribution in [3.8, 4) is 0 Å². The molecule has 0 spiro atoms. The summed E-state index contributed by atoms with van der Waals surface area (Å²) in [7, 11) is 0. The van der Waals surface area contributed by atoms with Gasteiger partial charge in [0, 0.05) is 5.57 Å². The van der Waals surface area contributed by atoms with Crippen molar-refractivity contribution in [2.75, 3.05) is 6.54 Å². The highest BCUT2D eigenvalue weighted by atomic mass is 19.1. The Morgan fingerprint density at radius 3 is 2.79 bits per heavy atom. The lowest BCUT2D eigenvalue weighted by Gasteiger charge is -2.37. The van der Waals surface area contributed by atoms with Crippen molar-refractivity contribution in [1.29, 1.82) is 0 Å². The van der Waals surface area contributed by atoms with Gasteiger partial charge in [0.05, 0.1) is 35.5 Å². The van der Waals surface area contributed by atoms with Gasteiger partial charge in [0.1, 0.15) is 6.17 Å². The Morgan fingerprint density at radius 2 is 2.00 bits per heavy atom. The second-order valence-corrected chi connectivity index (χ2v) is 12.5. The number of carboxylic acids is 1. The highest BCUT2D eigenvalue weighted by molar-refractivity contribution is 6.49. The lowest BCUT2D eigenvalue weighted by atomic mass is 9.77. The Bertz CT molecular complexity index is 1400. The van der Waals surface area contributed by atoms with Crippen molar-refractivity contribution in [3.63, 3.8) is 0 Å². The summed E-state index contributed by atoms with van der Waals surface area (Å²) in [5.41, 5.74) is 4.90. The smallest absolute Gasteiger partial charge is 0.306 e. The topological polar surface area (TPSA) is 91.1 Å². The fourth-order valence-corrected chi connectivity index (χ4v) is 6.43. The number of halogens is 1. The van der Waals surface area contributed by atoms with Gasteiger partial charge in [-0.2, -0.15) is 0 Å². The number of fused-ring (bicyclic) bond motifs is 1. The van der Waals surface area contributed by atoms with Crippen LogP contribution in [0.1, 0.15) is 70.4 Å². The highest BCUT2D eigenvalue weighted by Crippen LogP contribution is 2.42. The Morgan fingerprint density at radius 1 is 1.19 bits per heavy atom. The van der Waals surface area contributed by atoms with Crippen molar-refractivity contribution in [1.82, 2.24) is 5.32 Å². The van der Waals surface area contributed by atoms with Gasteiger partial charge in [0.15, 0.2) is 0 Å². The van der Waals surface area contributed by atoms with Gasteiger partial charge in [0.25, 0.3) is 5.91 Å². The number of aryl methyl sites for hydroxylation is 1. The van der Waals surface area contributed by atoms with E-state index in [1.54, 1.807) is 12.2 Å². The van der Waals surface area contributed by atoms with Crippen LogP contribution >= 0.6 is 0 Å². The van der Waals surface area contributed by atoms with Crippen LogP contribution in [0.3, 0.4) is 0 Å². The van der Waals surface area contributed by atoms with Crippen LogP contribution in [0.2, 0.25) is 0 Å². The van der Waals surface area contributed by atoms with E-state index in [0.717, 1.165) is 36.3 Å². The molecule has 1 heterocycles. The maximum absolute atomic E-state index is 14.5. The van der Waals surface area contributed by atoms with Gasteiger partial charge in [0.2, 0.25) is 0 Å². The number of carbonyl (C=O) groups is 2. The first-order valence-corrected chi connectivity index (χ1v) is 15.3. The fraction of sp³-hybridized carbons (Fsp3) is 0.486. The lowest BCUT2D eigenvalue weighted by molar-refractivity contribution is -0.138. The second kappa shape index (κ2) is 12.7. The number of amides is 1. The first kappa shape index (κ1) is 29.9. The van der Waals surface area contributed by atoms with E-state index in [1.807, 2.05) is 50.3 Å². The zero-order valence-electron chi connectivity index (χ0n) is 24.9. The van der Waals surface area contributed by atoms with Crippen LogP contribution in [0.5, 0.6) is 0 Å². The number of nitrogens with zero attached hydrogens (tertiary/aromatic N) is 2. The molecular formula is C35H42FN3O3. The molecule has 6 nitrogen and oxygen atoms in total. The molecule has 1 aliphatic heterocycles. The van der Waals surface area contributed by atoms with Gasteiger partial charge < -0.3 is 10.4 Å². The molecule has 1 aromatic carbocycles. The monoisotopic (exact) mass is 571 g/mol. The van der Waals surface area contributed by atoms with Crippen molar-refractivity contribution in [2.45, 2.75) is 83.5 Å². The number of hydrogen-bond donors (Lipinski definition) is 2. The minimum atomic E-state index is -1.03. The molecule has 0 bridgehead atoms. The number of benzene rings is 1. The average molecular weight is 572 g/mol. The molecule has 5 rings (SSSR count). The third-order valence-electron chi connectivity index (χ3n) is 9.07. The van der Waals surface area contributed by atoms with Gasteiger partial charge in [-0.3, -0.25) is 19.6 Å². The number of nitrogens with one attached hydrogen (secondary N) is 1. The van der Waals surface area contributed by atoms with E-state index in [9.17, 15) is 19.1 Å². The molecule has 4 unspecified atom stereocenters. The molecule has 0 saturated heterocycles. The number of carboxylic acid groups (broad SMARTS) is 1. The summed E-state index contributed by atoms with van der Waals surface area (Å²) in [5, 5.41) is 12.7. The molecule has 1 saturated carbocycles. The number of carbonyl (C=O) groups excluding carboxylic acids is 1. The molecule has 1 aromatic rings. The zero-order valence-corrected chi connectivity index (χ0v) is 24.9. The van der Waals surface area contributed by atoms with Crippen molar-refractivity contribution < 1.29 is 19.1 Å². The van der Waals surface area contributed by atoms with Crippen molar-refractivity contribution in [3.05, 3.63) is 83.0 Å². The summed E-state index contributed by atoms with van der Waals surface area (Å²) in [6, 6.07) is 8.01. The van der Waals surface area contributed by atoms with Crippen LogP contribution < -0.4 is 5.32 Å². The van der Waals surface area contributed by atoms with E-state index in [4.69, 9.17) is 9.98 Å². The average Bonchev–Trinajstić information content (AvgIpc) is 3.77. The Labute approximate surface area is 248 Å². The summed E-state index contributed by atoms with van der Waals surface area (Å²) in [5.74, 6) is -1.17. The lowest BCUT2D eigenvalue weighted by Crippen LogP contribution is -2.46. The molecule has 6 atom stereocenters. The molecule has 222 valence electrons. The van der Waals surface area contributed by atoms with Crippen LogP contribution in [-0.2, 0) is 21.5 Å². The van der Waals surface area contributed by atoms with Gasteiger partial charge >= 0.3 is 5.97 Å². The van der Waals surface area contributed by atoms with Crippen LogP contribution in [0.4, 0.5) is 4.39 Å². The van der Waals surface area contributed by atoms with E-state index in [-0.39, 0.29) is 29.7 Å². The van der Waals surface area contributed by atoms with Crippen LogP contribution in [0.25, 0.3) is 0 Å². The molecule has 0 aromatic heterocycles. The summed E-state index contributed by atoms with van der Waals surface area (Å²) >= 11 is 0. The van der Waals surface area contributed by atoms with Crippen LogP contribution in [0, 0.1) is 17.8 Å². The number of aliphatic carboxylic acids is 1. The SMILES string of the molecule is CC1/C=C(C(=O)N[C@@]2(C)CCCc3ccccc32)\C=C/CN=C(C2=CCC(C)C(F)C=C2)C(CCC2C[C@H]2C(=O)O)=N1. The van der Waals surface area contributed by atoms with Gasteiger partial charge in [-0.15, -0.1) is 0 Å². The summed E-state index contributed by atoms with van der Waals surface area (Å²) in [6.07, 6.45) is 15.5. The molecule has 1 amide bonds. The minimum absolute atomic E-state index is 0.122. The first-order chi connectivity index (χ1) is 20.1. The van der Waals surface area contributed by atoms with Crippen molar-refractivity contribution in [2.24, 2.45) is 27.7 Å². The van der Waals surface area contributed by atoms with E-state index < -0.39 is 17.7 Å². The van der Waals surface area contributed by atoms with Crippen LogP contribution in [-0.4, -0.2) is 47.2 Å². The Hall–Kier alpha value is -3.61. The number of hydrogen-bond acceptors (Lipinski definition) is 4. The molecule has 4 aliphatic rings. The van der Waals surface area contributed by atoms with Gasteiger partial charge in [-0.25, -0.2) is 4.39 Å². The normalized spacial score (nSPS) is 33.0. The molecule has 2 N–H and O–H groups in total. The molecule has 1 fully saturated rings. The van der Waals surface area contributed by atoms with Crippen molar-refractivity contribution >= 4 is 23.3 Å². The largest absolute Gasteiger partial charge is 0.481 e. The Kier molecular flexibility index (Phi) is 9.05. The maximum Gasteiger partial charge on any atom is 0.306 e. The summed E-state index contributed by atoms with van der Waals surface area (Å²) in [4.78, 5) is 35.1. The Balaban J connectivity index is 1.41. The predicted molar refractivity (Wildman–Crippen MR) is 166 cm³/mol. The number of aliphatic imine (C=N–C) groups is 2. The quantitative estimate of drug-likeness (QED) is 0.392. The number of alkyl halides is 1. The zero-order chi connectivity index (χ0) is 29.9. The van der Waals surface area contributed by atoms with Gasteiger partial charge in [-0.05, 0) is 99.5 Å². The number of allylic oxidation sites excluding steroid dienone is 4. The highest BCUT2D eigenvalue weighted by Gasteiger charge is 2.42. The second-order valence-electron chi connectivity index (χ2n) is 12.5. The molecular weight excluding hydrogens is 529 g/mol. The molecule has 7 heteroatoms. The van der Waals surface area contributed by atoms with E-state index in [1.165, 1.54) is 11.1 Å². The molecule has 3 aliphatic carbocycles. The maximum atomic E-state index is 14.5. The predicted octanol–water partition coefficient (Wildman–Crippen LogP) is 6.48. The number of rotatable bonds is 7. The molecule has 42 heavy (non-hydrogen) atoms. The van der Waals surface area contributed by atoms with E-state index in [2.05, 4.69) is 24.4 Å². The minimum Gasteiger partial charge on any atom is -0.481 e.